The molecule has 102 valence electrons. The van der Waals surface area contributed by atoms with Crippen molar-refractivity contribution in [2.45, 2.75) is 33.2 Å². The van der Waals surface area contributed by atoms with Crippen LogP contribution in [0.2, 0.25) is 0 Å². The lowest BCUT2D eigenvalue weighted by Crippen LogP contribution is -2.12. The molecule has 0 saturated carbocycles. The van der Waals surface area contributed by atoms with Crippen molar-refractivity contribution >= 4 is 0 Å². The largest absolute Gasteiger partial charge is 0.497 e. The molecule has 0 radical (unpaired) electrons. The third-order valence-electron chi connectivity index (χ3n) is 2.94. The number of nitrogens with one attached hydrogen (secondary N) is 1. The van der Waals surface area contributed by atoms with Crippen LogP contribution >= 0.6 is 0 Å². The first kappa shape index (κ1) is 14.8. The van der Waals surface area contributed by atoms with Crippen molar-refractivity contribution < 1.29 is 9.47 Å². The van der Waals surface area contributed by atoms with E-state index in [1.165, 1.54) is 12.8 Å². The number of hydrogen-bond acceptors (Lipinski definition) is 3. The van der Waals surface area contributed by atoms with E-state index in [4.69, 9.17) is 9.47 Å². The zero-order valence-corrected chi connectivity index (χ0v) is 12.0. The van der Waals surface area contributed by atoms with E-state index in [1.807, 2.05) is 25.2 Å². The highest BCUT2D eigenvalue weighted by Gasteiger charge is 2.07. The second kappa shape index (κ2) is 7.98. The third kappa shape index (κ3) is 4.57. The first-order valence-corrected chi connectivity index (χ1v) is 6.65. The number of benzene rings is 1. The molecule has 1 aromatic rings. The molecule has 0 fully saturated rings. The van der Waals surface area contributed by atoms with Crippen molar-refractivity contribution in [1.29, 1.82) is 0 Å². The minimum absolute atomic E-state index is 0.597. The molecule has 0 heterocycles. The van der Waals surface area contributed by atoms with Gasteiger partial charge in [-0.2, -0.15) is 0 Å². The molecule has 0 aliphatic carbocycles. The summed E-state index contributed by atoms with van der Waals surface area (Å²) in [6, 6.07) is 5.96. The fourth-order valence-corrected chi connectivity index (χ4v) is 1.96. The van der Waals surface area contributed by atoms with E-state index >= 15 is 0 Å². The molecule has 1 atom stereocenters. The monoisotopic (exact) mass is 251 g/mol. The number of hydrogen-bond donors (Lipinski definition) is 1. The highest BCUT2D eigenvalue weighted by atomic mass is 16.5. The van der Waals surface area contributed by atoms with E-state index in [0.29, 0.717) is 5.92 Å². The Hall–Kier alpha value is -1.22. The van der Waals surface area contributed by atoms with E-state index in [9.17, 15) is 0 Å². The zero-order chi connectivity index (χ0) is 13.4. The topological polar surface area (TPSA) is 30.5 Å². The quantitative estimate of drug-likeness (QED) is 0.769. The molecule has 1 rings (SSSR count). The van der Waals surface area contributed by atoms with E-state index in [-0.39, 0.29) is 0 Å². The van der Waals surface area contributed by atoms with Gasteiger partial charge in [-0.15, -0.1) is 0 Å². The average Bonchev–Trinajstić information content (AvgIpc) is 2.38. The molecule has 3 heteroatoms. The smallest absolute Gasteiger partial charge is 0.124 e. The van der Waals surface area contributed by atoms with Gasteiger partial charge in [-0.25, -0.2) is 0 Å². The Morgan fingerprint density at radius 1 is 1.33 bits per heavy atom. The molecule has 3 nitrogen and oxygen atoms in total. The van der Waals surface area contributed by atoms with Gasteiger partial charge in [0.2, 0.25) is 0 Å². The normalized spacial score (nSPS) is 12.2. The van der Waals surface area contributed by atoms with Crippen molar-refractivity contribution in [2.24, 2.45) is 5.92 Å². The van der Waals surface area contributed by atoms with Crippen LogP contribution in [0.4, 0.5) is 0 Å². The Kier molecular flexibility index (Phi) is 6.58. The van der Waals surface area contributed by atoms with Crippen molar-refractivity contribution in [3.63, 3.8) is 0 Å². The predicted octanol–water partition coefficient (Wildman–Crippen LogP) is 3.23. The summed E-state index contributed by atoms with van der Waals surface area (Å²) < 4.78 is 11.1. The predicted molar refractivity (Wildman–Crippen MR) is 75.3 cm³/mol. The van der Waals surface area contributed by atoms with Gasteiger partial charge >= 0.3 is 0 Å². The minimum atomic E-state index is 0.597. The Bertz CT molecular complexity index is 352. The first-order valence-electron chi connectivity index (χ1n) is 6.65. The van der Waals surface area contributed by atoms with Crippen LogP contribution in [0.3, 0.4) is 0 Å². The second-order valence-electron chi connectivity index (χ2n) is 4.71. The standard InChI is InChI=1S/C15H25NO2/c1-5-6-12(2)11-18-15-8-7-14(17-4)9-13(15)10-16-3/h7-9,12,16H,5-6,10-11H2,1-4H3. The fraction of sp³-hybridized carbons (Fsp3) is 0.600. The lowest BCUT2D eigenvalue weighted by atomic mass is 10.1. The lowest BCUT2D eigenvalue weighted by Gasteiger charge is -2.16. The molecule has 0 spiro atoms. The summed E-state index contributed by atoms with van der Waals surface area (Å²) in [6.45, 7) is 5.99. The Morgan fingerprint density at radius 2 is 2.11 bits per heavy atom. The molecule has 0 aliphatic rings. The summed E-state index contributed by atoms with van der Waals surface area (Å²) in [5.41, 5.74) is 1.14. The zero-order valence-electron chi connectivity index (χ0n) is 12.0. The summed E-state index contributed by atoms with van der Waals surface area (Å²) in [5, 5.41) is 3.15. The molecular formula is C15H25NO2. The van der Waals surface area contributed by atoms with E-state index in [2.05, 4.69) is 19.2 Å². The van der Waals surface area contributed by atoms with Crippen molar-refractivity contribution in [3.8, 4) is 11.5 Å². The summed E-state index contributed by atoms with van der Waals surface area (Å²) in [6.07, 6.45) is 2.41. The highest BCUT2D eigenvalue weighted by molar-refractivity contribution is 5.40. The SMILES string of the molecule is CCCC(C)COc1ccc(OC)cc1CNC. The van der Waals surface area contributed by atoms with Gasteiger partial charge in [-0.1, -0.05) is 20.3 Å². The maximum atomic E-state index is 5.91. The Labute approximate surface area is 110 Å². The molecule has 0 saturated heterocycles. The second-order valence-corrected chi connectivity index (χ2v) is 4.71. The molecule has 0 aromatic heterocycles. The lowest BCUT2D eigenvalue weighted by molar-refractivity contribution is 0.248. The van der Waals surface area contributed by atoms with Crippen LogP contribution in [0.25, 0.3) is 0 Å². The number of rotatable bonds is 8. The average molecular weight is 251 g/mol. The van der Waals surface area contributed by atoms with Gasteiger partial charge < -0.3 is 14.8 Å². The molecule has 1 N–H and O–H groups in total. The van der Waals surface area contributed by atoms with Crippen molar-refractivity contribution in [2.75, 3.05) is 20.8 Å². The molecule has 0 bridgehead atoms. The van der Waals surface area contributed by atoms with Gasteiger partial charge in [0.25, 0.3) is 0 Å². The number of ether oxygens (including phenoxy) is 2. The summed E-state index contributed by atoms with van der Waals surface area (Å²) in [7, 11) is 3.62. The van der Waals surface area contributed by atoms with Crippen LogP contribution in [0.15, 0.2) is 18.2 Å². The van der Waals surface area contributed by atoms with E-state index < -0.39 is 0 Å². The summed E-state index contributed by atoms with van der Waals surface area (Å²) >= 11 is 0. The van der Waals surface area contributed by atoms with Gasteiger partial charge in [-0.05, 0) is 37.6 Å². The third-order valence-corrected chi connectivity index (χ3v) is 2.94. The molecule has 1 aromatic carbocycles. The minimum Gasteiger partial charge on any atom is -0.497 e. The van der Waals surface area contributed by atoms with Gasteiger partial charge in [0.1, 0.15) is 11.5 Å². The molecule has 1 unspecified atom stereocenters. The Morgan fingerprint density at radius 3 is 2.72 bits per heavy atom. The Balaban J connectivity index is 2.68. The summed E-state index contributed by atoms with van der Waals surface area (Å²) in [5.74, 6) is 2.42. The van der Waals surface area contributed by atoms with Crippen LogP contribution in [-0.2, 0) is 6.54 Å². The van der Waals surface area contributed by atoms with Gasteiger partial charge in [0, 0.05) is 12.1 Å². The van der Waals surface area contributed by atoms with Crippen LogP contribution < -0.4 is 14.8 Å². The first-order chi connectivity index (χ1) is 8.71. The highest BCUT2D eigenvalue weighted by Crippen LogP contribution is 2.24. The van der Waals surface area contributed by atoms with Gasteiger partial charge in [-0.3, -0.25) is 0 Å². The summed E-state index contributed by atoms with van der Waals surface area (Å²) in [4.78, 5) is 0. The van der Waals surface area contributed by atoms with E-state index in [1.54, 1.807) is 7.11 Å². The fourth-order valence-electron chi connectivity index (χ4n) is 1.96. The van der Waals surface area contributed by atoms with Gasteiger partial charge in [0.15, 0.2) is 0 Å². The maximum Gasteiger partial charge on any atom is 0.124 e. The molecule has 18 heavy (non-hydrogen) atoms. The number of methoxy groups -OCH3 is 1. The van der Waals surface area contributed by atoms with Crippen molar-refractivity contribution in [3.05, 3.63) is 23.8 Å². The molecular weight excluding hydrogens is 226 g/mol. The van der Waals surface area contributed by atoms with Crippen LogP contribution in [-0.4, -0.2) is 20.8 Å². The van der Waals surface area contributed by atoms with Crippen LogP contribution in [0.5, 0.6) is 11.5 Å². The molecule has 0 amide bonds. The maximum absolute atomic E-state index is 5.91. The van der Waals surface area contributed by atoms with Gasteiger partial charge in [0.05, 0.1) is 13.7 Å². The van der Waals surface area contributed by atoms with Crippen LogP contribution in [0.1, 0.15) is 32.3 Å². The van der Waals surface area contributed by atoms with E-state index in [0.717, 1.165) is 30.2 Å². The molecule has 0 aliphatic heterocycles. The van der Waals surface area contributed by atoms with Crippen LogP contribution in [0, 0.1) is 5.92 Å². The van der Waals surface area contributed by atoms with Crippen molar-refractivity contribution in [1.82, 2.24) is 5.32 Å².